The third-order valence-corrected chi connectivity index (χ3v) is 5.70. The van der Waals surface area contributed by atoms with Gasteiger partial charge < -0.3 is 4.74 Å². The number of fused-ring (bicyclic) bond motifs is 2. The number of ketones is 1. The normalized spacial score (nSPS) is 12.6. The highest BCUT2D eigenvalue weighted by molar-refractivity contribution is 5.99. The number of carbonyl (C=O) groups excluding carboxylic acids is 2. The second-order valence-corrected chi connectivity index (χ2v) is 7.77. The molecule has 1 aromatic heterocycles. The summed E-state index contributed by atoms with van der Waals surface area (Å²) in [5.41, 5.74) is 6.34. The molecule has 0 unspecified atom stereocenters. The van der Waals surface area contributed by atoms with E-state index in [1.54, 1.807) is 12.1 Å². The number of Topliss-reactive ketones (excluding diaryl/α,β-unsaturated/α-hetero) is 1. The molecule has 3 aromatic carbocycles. The number of hydrogen-bond acceptors (Lipinski definition) is 5. The average molecular weight is 411 g/mol. The molecule has 4 aromatic rings. The molecule has 0 saturated heterocycles. The maximum Gasteiger partial charge on any atom is 0.338 e. The summed E-state index contributed by atoms with van der Waals surface area (Å²) < 4.78 is 7.07. The van der Waals surface area contributed by atoms with E-state index < -0.39 is 5.97 Å². The number of esters is 1. The molecule has 0 radical (unpaired) electrons. The van der Waals surface area contributed by atoms with Gasteiger partial charge in [0.05, 0.1) is 17.6 Å². The summed E-state index contributed by atoms with van der Waals surface area (Å²) in [7, 11) is 0. The molecule has 0 bridgehead atoms. The van der Waals surface area contributed by atoms with Gasteiger partial charge in [0.25, 0.3) is 0 Å². The Morgan fingerprint density at radius 2 is 1.68 bits per heavy atom. The minimum Gasteiger partial charge on any atom is -0.454 e. The molecular formula is C25H21N3O3. The van der Waals surface area contributed by atoms with Crippen LogP contribution in [0, 0.1) is 0 Å². The topological polar surface area (TPSA) is 74.1 Å². The first-order valence-electron chi connectivity index (χ1n) is 10.4. The smallest absolute Gasteiger partial charge is 0.338 e. The summed E-state index contributed by atoms with van der Waals surface area (Å²) >= 11 is 0. The lowest BCUT2D eigenvalue weighted by molar-refractivity contribution is 0.0474. The fraction of sp³-hybridized carbons (Fsp3) is 0.200. The molecule has 0 atom stereocenters. The minimum absolute atomic E-state index is 0.183. The van der Waals surface area contributed by atoms with Gasteiger partial charge in [-0.2, -0.15) is 0 Å². The van der Waals surface area contributed by atoms with Crippen LogP contribution in [0.1, 0.15) is 43.8 Å². The summed E-state index contributed by atoms with van der Waals surface area (Å²) in [5, 5.41) is 8.34. The Hall–Kier alpha value is -3.80. The lowest BCUT2D eigenvalue weighted by Gasteiger charge is -2.07. The first-order valence-corrected chi connectivity index (χ1v) is 10.4. The van der Waals surface area contributed by atoms with Crippen molar-refractivity contribution < 1.29 is 14.3 Å². The molecule has 1 aliphatic carbocycles. The predicted octanol–water partition coefficient (Wildman–Crippen LogP) is 4.01. The van der Waals surface area contributed by atoms with Crippen molar-refractivity contribution in [1.82, 2.24) is 15.0 Å². The van der Waals surface area contributed by atoms with E-state index in [1.165, 1.54) is 11.1 Å². The summed E-state index contributed by atoms with van der Waals surface area (Å²) in [6.45, 7) is 0.289. The van der Waals surface area contributed by atoms with Crippen molar-refractivity contribution in [3.05, 3.63) is 94.5 Å². The Morgan fingerprint density at radius 3 is 2.55 bits per heavy atom. The largest absolute Gasteiger partial charge is 0.454 e. The van der Waals surface area contributed by atoms with Crippen LogP contribution >= 0.6 is 0 Å². The third-order valence-electron chi connectivity index (χ3n) is 5.70. The van der Waals surface area contributed by atoms with E-state index in [0.717, 1.165) is 35.9 Å². The van der Waals surface area contributed by atoms with Gasteiger partial charge >= 0.3 is 5.97 Å². The van der Waals surface area contributed by atoms with Gasteiger partial charge in [0, 0.05) is 5.56 Å². The molecule has 0 N–H and O–H groups in total. The average Bonchev–Trinajstić information content (AvgIpc) is 3.44. The molecule has 0 fully saturated rings. The van der Waals surface area contributed by atoms with Gasteiger partial charge in [0.2, 0.25) is 0 Å². The number of ether oxygens (including phenoxy) is 1. The van der Waals surface area contributed by atoms with Crippen molar-refractivity contribution in [3.63, 3.8) is 0 Å². The van der Waals surface area contributed by atoms with Gasteiger partial charge in [0.15, 0.2) is 12.4 Å². The van der Waals surface area contributed by atoms with Gasteiger partial charge in [-0.1, -0.05) is 41.6 Å². The Bertz CT molecular complexity index is 1270. The van der Waals surface area contributed by atoms with E-state index in [2.05, 4.69) is 10.3 Å². The Kier molecular flexibility index (Phi) is 5.04. The molecule has 1 heterocycles. The van der Waals surface area contributed by atoms with E-state index in [1.807, 2.05) is 59.3 Å². The lowest BCUT2D eigenvalue weighted by atomic mass is 10.0. The molecular weight excluding hydrogens is 390 g/mol. The van der Waals surface area contributed by atoms with Crippen LogP contribution in [0.25, 0.3) is 11.0 Å². The van der Waals surface area contributed by atoms with E-state index in [9.17, 15) is 9.59 Å². The highest BCUT2D eigenvalue weighted by Crippen LogP contribution is 2.23. The zero-order valence-corrected chi connectivity index (χ0v) is 17.0. The van der Waals surface area contributed by atoms with Crippen molar-refractivity contribution in [2.75, 3.05) is 6.61 Å². The number of benzene rings is 3. The molecule has 0 amide bonds. The van der Waals surface area contributed by atoms with Gasteiger partial charge in [-0.15, -0.1) is 5.10 Å². The summed E-state index contributed by atoms with van der Waals surface area (Å²) in [6.07, 6.45) is 3.21. The van der Waals surface area contributed by atoms with Crippen LogP contribution in [-0.2, 0) is 24.1 Å². The number of hydrogen-bond donors (Lipinski definition) is 0. The van der Waals surface area contributed by atoms with E-state index in [0.29, 0.717) is 17.7 Å². The van der Waals surface area contributed by atoms with Gasteiger partial charge in [-0.3, -0.25) is 4.79 Å². The van der Waals surface area contributed by atoms with Crippen LogP contribution in [0.5, 0.6) is 0 Å². The third kappa shape index (κ3) is 3.97. The number of carbonyl (C=O) groups is 2. The quantitative estimate of drug-likeness (QED) is 0.354. The lowest BCUT2D eigenvalue weighted by Crippen LogP contribution is -2.14. The van der Waals surface area contributed by atoms with Crippen LogP contribution in [0.4, 0.5) is 0 Å². The van der Waals surface area contributed by atoms with Crippen molar-refractivity contribution in [3.8, 4) is 0 Å². The maximum atomic E-state index is 12.4. The van der Waals surface area contributed by atoms with Gasteiger partial charge in [0.1, 0.15) is 5.52 Å². The van der Waals surface area contributed by atoms with Crippen molar-refractivity contribution in [2.45, 2.75) is 25.8 Å². The van der Waals surface area contributed by atoms with Crippen molar-refractivity contribution in [1.29, 1.82) is 0 Å². The summed E-state index contributed by atoms with van der Waals surface area (Å²) in [4.78, 5) is 24.8. The number of para-hydroxylation sites is 1. The number of aryl methyl sites for hydroxylation is 2. The minimum atomic E-state index is -0.507. The number of rotatable bonds is 6. The molecule has 0 saturated carbocycles. The second-order valence-electron chi connectivity index (χ2n) is 7.77. The first kappa shape index (κ1) is 19.2. The van der Waals surface area contributed by atoms with Crippen LogP contribution in [0.3, 0.4) is 0 Å². The monoisotopic (exact) mass is 411 g/mol. The molecule has 154 valence electrons. The molecule has 5 rings (SSSR count). The highest BCUT2D eigenvalue weighted by atomic mass is 16.5. The molecule has 6 nitrogen and oxygen atoms in total. The highest BCUT2D eigenvalue weighted by Gasteiger charge is 2.16. The van der Waals surface area contributed by atoms with Crippen LogP contribution in [0.2, 0.25) is 0 Å². The standard InChI is InChI=1S/C25H21N3O3/c29-24(21-13-12-18-4-3-5-20(18)14-21)16-31-25(30)19-10-8-17(9-11-19)15-28-23-7-2-1-6-22(23)26-27-28/h1-2,6-14H,3-5,15-16H2. The second kappa shape index (κ2) is 8.14. The van der Waals surface area contributed by atoms with Crippen LogP contribution in [-0.4, -0.2) is 33.4 Å². The van der Waals surface area contributed by atoms with E-state index >= 15 is 0 Å². The Balaban J connectivity index is 1.20. The maximum absolute atomic E-state index is 12.4. The molecule has 0 spiro atoms. The fourth-order valence-corrected chi connectivity index (χ4v) is 4.00. The first-order chi connectivity index (χ1) is 15.2. The van der Waals surface area contributed by atoms with Crippen molar-refractivity contribution >= 4 is 22.8 Å². The number of nitrogens with zero attached hydrogens (tertiary/aromatic N) is 3. The SMILES string of the molecule is O=C(COC(=O)c1ccc(Cn2nnc3ccccc32)cc1)c1ccc2c(c1)CCC2. The molecule has 1 aliphatic rings. The summed E-state index contributed by atoms with van der Waals surface area (Å²) in [5.74, 6) is -0.690. The Labute approximate surface area is 179 Å². The van der Waals surface area contributed by atoms with Gasteiger partial charge in [-0.05, 0) is 66.3 Å². The van der Waals surface area contributed by atoms with E-state index in [-0.39, 0.29) is 12.4 Å². The van der Waals surface area contributed by atoms with Crippen molar-refractivity contribution in [2.24, 2.45) is 0 Å². The number of aromatic nitrogens is 3. The fourth-order valence-electron chi connectivity index (χ4n) is 4.00. The van der Waals surface area contributed by atoms with Crippen LogP contribution in [0.15, 0.2) is 66.7 Å². The molecule has 0 aliphatic heterocycles. The van der Waals surface area contributed by atoms with E-state index in [4.69, 9.17) is 4.74 Å². The predicted molar refractivity (Wildman–Crippen MR) is 116 cm³/mol. The zero-order chi connectivity index (χ0) is 21.2. The Morgan fingerprint density at radius 1 is 0.903 bits per heavy atom. The molecule has 6 heteroatoms. The zero-order valence-electron chi connectivity index (χ0n) is 17.0. The summed E-state index contributed by atoms with van der Waals surface area (Å²) in [6, 6.07) is 20.7. The molecule has 31 heavy (non-hydrogen) atoms. The van der Waals surface area contributed by atoms with Gasteiger partial charge in [-0.25, -0.2) is 9.48 Å². The van der Waals surface area contributed by atoms with Crippen LogP contribution < -0.4 is 0 Å².